The van der Waals surface area contributed by atoms with E-state index in [1.165, 1.54) is 12.1 Å². The van der Waals surface area contributed by atoms with Gasteiger partial charge in [0.15, 0.2) is 0 Å². The molecular weight excluding hydrogens is 475 g/mol. The molecule has 5 N–H and O–H groups in total. The molecule has 2 aliphatic rings. The van der Waals surface area contributed by atoms with Gasteiger partial charge in [-0.05, 0) is 30.2 Å². The third-order valence-corrected chi connectivity index (χ3v) is 6.11. The van der Waals surface area contributed by atoms with Gasteiger partial charge in [-0.2, -0.15) is 0 Å². The van der Waals surface area contributed by atoms with Crippen molar-refractivity contribution in [3.05, 3.63) is 58.1 Å². The van der Waals surface area contributed by atoms with Crippen molar-refractivity contribution in [1.29, 1.82) is 0 Å². The number of phosphoric acid groups is 1. The van der Waals surface area contributed by atoms with Crippen molar-refractivity contribution >= 4 is 24.9 Å². The van der Waals surface area contributed by atoms with E-state index in [1.807, 2.05) is 4.90 Å². The summed E-state index contributed by atoms with van der Waals surface area (Å²) >= 11 is 0. The summed E-state index contributed by atoms with van der Waals surface area (Å²) in [4.78, 5) is 30.3. The molecule has 2 aromatic rings. The van der Waals surface area contributed by atoms with Crippen LogP contribution in [0.25, 0.3) is 0 Å². The van der Waals surface area contributed by atoms with Crippen LogP contribution in [0.15, 0.2) is 42.5 Å². The van der Waals surface area contributed by atoms with Crippen LogP contribution in [0.5, 0.6) is 5.75 Å². The number of benzene rings is 2. The summed E-state index contributed by atoms with van der Waals surface area (Å²) in [5.74, 6) is 0.246. The number of hydrogen-bond donors (Lipinski definition) is 5. The van der Waals surface area contributed by atoms with Crippen molar-refractivity contribution in [2.45, 2.75) is 37.1 Å². The minimum Gasteiger partial charge on any atom is -0.462 e. The molecule has 1 saturated heterocycles. The number of aliphatic hydroxyl groups is 3. The van der Waals surface area contributed by atoms with Gasteiger partial charge in [0.25, 0.3) is 5.69 Å². The number of nitrogens with zero attached hydrogens (tertiary/aromatic N) is 2. The molecule has 0 unspecified atom stereocenters. The largest absolute Gasteiger partial charge is 0.469 e. The number of nitro groups is 1. The second-order valence-corrected chi connectivity index (χ2v) is 9.13. The number of non-ortho nitro benzene ring substituents is 1. The lowest BCUT2D eigenvalue weighted by Gasteiger charge is -2.40. The van der Waals surface area contributed by atoms with Gasteiger partial charge in [-0.1, -0.05) is 6.07 Å². The highest BCUT2D eigenvalue weighted by Crippen LogP contribution is 2.39. The number of hydrogen-bond acceptors (Lipinski definition) is 10. The van der Waals surface area contributed by atoms with Crippen LogP contribution in [-0.4, -0.2) is 73.9 Å². The fraction of sp³-hybridized carbons (Fsp3) is 0.400. The highest BCUT2D eigenvalue weighted by molar-refractivity contribution is 7.46. The van der Waals surface area contributed by atoms with Gasteiger partial charge in [0, 0.05) is 36.1 Å². The molecule has 0 aliphatic carbocycles. The van der Waals surface area contributed by atoms with E-state index < -0.39 is 50.1 Å². The highest BCUT2D eigenvalue weighted by atomic mass is 31.2. The summed E-state index contributed by atoms with van der Waals surface area (Å²) < 4.78 is 26.4. The Balaban J connectivity index is 1.50. The molecule has 0 amide bonds. The zero-order valence-electron chi connectivity index (χ0n) is 17.6. The van der Waals surface area contributed by atoms with Crippen LogP contribution >= 0.6 is 7.82 Å². The molecule has 34 heavy (non-hydrogen) atoms. The van der Waals surface area contributed by atoms with Gasteiger partial charge in [0.05, 0.1) is 11.5 Å². The predicted octanol–water partition coefficient (Wildman–Crippen LogP) is 0.585. The van der Waals surface area contributed by atoms with E-state index in [4.69, 9.17) is 19.3 Å². The van der Waals surface area contributed by atoms with Crippen molar-refractivity contribution in [3.8, 4) is 5.75 Å². The van der Waals surface area contributed by atoms with E-state index in [0.29, 0.717) is 18.7 Å². The van der Waals surface area contributed by atoms with Crippen LogP contribution < -0.4 is 9.64 Å². The Morgan fingerprint density at radius 1 is 1.12 bits per heavy atom. The number of ether oxygens (including phenoxy) is 2. The summed E-state index contributed by atoms with van der Waals surface area (Å²) in [5, 5.41) is 41.5. The molecule has 0 spiro atoms. The molecule has 0 radical (unpaired) electrons. The lowest BCUT2D eigenvalue weighted by molar-refractivity contribution is -0.384. The first-order valence-electron chi connectivity index (χ1n) is 10.2. The lowest BCUT2D eigenvalue weighted by atomic mass is 9.99. The van der Waals surface area contributed by atoms with Gasteiger partial charge >= 0.3 is 7.82 Å². The molecule has 184 valence electrons. The van der Waals surface area contributed by atoms with E-state index >= 15 is 0 Å². The molecule has 5 atom stereocenters. The molecule has 2 aromatic carbocycles. The third-order valence-electron chi connectivity index (χ3n) is 5.63. The maximum atomic E-state index is 11.0. The number of nitro benzene ring substituents is 1. The van der Waals surface area contributed by atoms with Crippen LogP contribution in [0.1, 0.15) is 5.56 Å². The SMILES string of the molecule is O=[N+]([O-])c1ccc2c(c1)CCN2c1cccc(O[C@H]2O[C@H](COP(=O)(O)O)[C@@H](O)[C@H](O)[C@@H]2O)c1. The van der Waals surface area contributed by atoms with Crippen LogP contribution in [0.3, 0.4) is 0 Å². The van der Waals surface area contributed by atoms with Crippen molar-refractivity contribution < 1.29 is 48.6 Å². The first-order valence-corrected chi connectivity index (χ1v) is 11.8. The van der Waals surface area contributed by atoms with Gasteiger partial charge in [-0.25, -0.2) is 4.57 Å². The molecule has 2 aliphatic heterocycles. The van der Waals surface area contributed by atoms with Gasteiger partial charge in [0.1, 0.15) is 30.2 Å². The molecule has 4 rings (SSSR count). The maximum absolute atomic E-state index is 11.0. The fourth-order valence-corrected chi connectivity index (χ4v) is 4.29. The predicted molar refractivity (Wildman–Crippen MR) is 116 cm³/mol. The Kier molecular flexibility index (Phi) is 6.90. The quantitative estimate of drug-likeness (QED) is 0.203. The van der Waals surface area contributed by atoms with Crippen molar-refractivity contribution in [3.63, 3.8) is 0 Å². The van der Waals surface area contributed by atoms with Gasteiger partial charge in [-0.15, -0.1) is 0 Å². The summed E-state index contributed by atoms with van der Waals surface area (Å²) in [6, 6.07) is 11.3. The molecule has 14 heteroatoms. The number of fused-ring (bicyclic) bond motifs is 1. The lowest BCUT2D eigenvalue weighted by Crippen LogP contribution is -2.60. The number of anilines is 2. The van der Waals surface area contributed by atoms with E-state index in [0.717, 1.165) is 11.3 Å². The van der Waals surface area contributed by atoms with Crippen molar-refractivity contribution in [2.24, 2.45) is 0 Å². The number of aliphatic hydroxyl groups excluding tert-OH is 3. The zero-order chi connectivity index (χ0) is 24.6. The van der Waals surface area contributed by atoms with E-state index in [-0.39, 0.29) is 11.4 Å². The average molecular weight is 498 g/mol. The Morgan fingerprint density at radius 2 is 1.88 bits per heavy atom. The van der Waals surface area contributed by atoms with Gasteiger partial charge < -0.3 is 39.5 Å². The molecule has 0 aromatic heterocycles. The Labute approximate surface area is 193 Å². The molecule has 13 nitrogen and oxygen atoms in total. The van der Waals surface area contributed by atoms with Crippen LogP contribution in [-0.2, 0) is 20.2 Å². The fourth-order valence-electron chi connectivity index (χ4n) is 3.95. The number of rotatable bonds is 7. The first-order chi connectivity index (χ1) is 16.0. The molecular formula is C20H23N2O11P. The second kappa shape index (κ2) is 9.56. The monoisotopic (exact) mass is 498 g/mol. The summed E-state index contributed by atoms with van der Waals surface area (Å²) in [6.07, 6.45) is -7.27. The minimum absolute atomic E-state index is 0.0131. The summed E-state index contributed by atoms with van der Waals surface area (Å²) in [5.41, 5.74) is 2.36. The molecule has 0 saturated carbocycles. The minimum atomic E-state index is -4.85. The van der Waals surface area contributed by atoms with Crippen LogP contribution in [0.2, 0.25) is 0 Å². The maximum Gasteiger partial charge on any atom is 0.469 e. The summed E-state index contributed by atoms with van der Waals surface area (Å²) in [6.45, 7) is -0.166. The van der Waals surface area contributed by atoms with E-state index in [2.05, 4.69) is 4.52 Å². The number of phosphoric ester groups is 1. The Hall–Kier alpha value is -2.61. The van der Waals surface area contributed by atoms with Crippen LogP contribution in [0, 0.1) is 10.1 Å². The molecule has 2 heterocycles. The smallest absolute Gasteiger partial charge is 0.462 e. The standard InChI is InChI=1S/C20H23N2O11P/c23-17-16(10-31-34(28,29)30)33-20(19(25)18(17)24)32-14-3-1-2-12(9-14)21-7-6-11-8-13(22(26)27)4-5-15(11)21/h1-5,8-9,16-20,23-25H,6-7,10H2,(H2,28,29,30)/t16-,17-,18+,19+,20+/m1/s1. The Morgan fingerprint density at radius 3 is 2.59 bits per heavy atom. The third kappa shape index (κ3) is 5.22. The normalized spacial score (nSPS) is 26.9. The highest BCUT2D eigenvalue weighted by Gasteiger charge is 2.45. The topological polar surface area (TPSA) is 192 Å². The first kappa shape index (κ1) is 24.5. The Bertz CT molecular complexity index is 1110. The van der Waals surface area contributed by atoms with E-state index in [9.17, 15) is 30.0 Å². The van der Waals surface area contributed by atoms with Crippen molar-refractivity contribution in [1.82, 2.24) is 0 Å². The average Bonchev–Trinajstić information content (AvgIpc) is 3.21. The van der Waals surface area contributed by atoms with Crippen LogP contribution in [0.4, 0.5) is 17.1 Å². The zero-order valence-corrected chi connectivity index (χ0v) is 18.5. The van der Waals surface area contributed by atoms with Crippen molar-refractivity contribution in [2.75, 3.05) is 18.1 Å². The second-order valence-electron chi connectivity index (χ2n) is 7.89. The van der Waals surface area contributed by atoms with Gasteiger partial charge in [-0.3, -0.25) is 14.6 Å². The van der Waals surface area contributed by atoms with E-state index in [1.54, 1.807) is 30.3 Å². The molecule has 1 fully saturated rings. The van der Waals surface area contributed by atoms with Gasteiger partial charge in [0.2, 0.25) is 6.29 Å². The molecule has 0 bridgehead atoms. The summed E-state index contributed by atoms with van der Waals surface area (Å²) in [7, 11) is -4.85.